The molecule has 0 aliphatic heterocycles. The molecule has 0 fully saturated rings. The van der Waals surface area contributed by atoms with Crippen molar-refractivity contribution < 1.29 is 23.7 Å². The molecule has 27 heavy (non-hydrogen) atoms. The topological polar surface area (TPSA) is 66.0 Å². The summed E-state index contributed by atoms with van der Waals surface area (Å²) in [7, 11) is 4.54. The number of hydrogen-bond acceptors (Lipinski definition) is 5. The first-order chi connectivity index (χ1) is 13.1. The number of benzene rings is 2. The second-order valence-corrected chi connectivity index (χ2v) is 5.30. The third-order valence-electron chi connectivity index (χ3n) is 3.54. The third kappa shape index (κ3) is 5.44. The Morgan fingerprint density at radius 3 is 2.41 bits per heavy atom. The summed E-state index contributed by atoms with van der Waals surface area (Å²) in [6, 6.07) is 10.6. The summed E-state index contributed by atoms with van der Waals surface area (Å²) >= 11 is 0. The smallest absolute Gasteiger partial charge is 0.248 e. The fourth-order valence-electron chi connectivity index (χ4n) is 2.34. The van der Waals surface area contributed by atoms with Crippen LogP contribution in [0.4, 0.5) is 5.69 Å². The van der Waals surface area contributed by atoms with E-state index in [-0.39, 0.29) is 12.5 Å². The number of carbonyl (C=O) groups is 1. The summed E-state index contributed by atoms with van der Waals surface area (Å²) in [6.07, 6.45) is 8.27. The van der Waals surface area contributed by atoms with Gasteiger partial charge in [0.05, 0.1) is 21.3 Å². The van der Waals surface area contributed by atoms with Crippen molar-refractivity contribution in [3.8, 4) is 35.3 Å². The van der Waals surface area contributed by atoms with E-state index in [1.807, 2.05) is 12.1 Å². The van der Waals surface area contributed by atoms with E-state index in [1.165, 1.54) is 27.4 Å². The first kappa shape index (κ1) is 19.7. The van der Waals surface area contributed by atoms with Gasteiger partial charge in [0.25, 0.3) is 0 Å². The number of amides is 1. The van der Waals surface area contributed by atoms with Crippen molar-refractivity contribution in [2.75, 3.05) is 33.3 Å². The van der Waals surface area contributed by atoms with Gasteiger partial charge in [0.15, 0.2) is 11.5 Å². The standard InChI is InChI=1S/C21H21NO5/c1-5-11-27-17-8-6-7-15(12-17)9-10-20(23)22-16-13-18(24-2)21(26-4)19(14-16)25-3/h1,6-10,12-14H,11H2,2-4H3,(H,22,23)/b10-9+. The lowest BCUT2D eigenvalue weighted by atomic mass is 10.2. The molecule has 0 radical (unpaired) electrons. The first-order valence-electron chi connectivity index (χ1n) is 8.06. The van der Waals surface area contributed by atoms with Crippen LogP contribution in [0.15, 0.2) is 42.5 Å². The van der Waals surface area contributed by atoms with Crippen LogP contribution in [0, 0.1) is 12.3 Å². The van der Waals surface area contributed by atoms with Gasteiger partial charge in [-0.3, -0.25) is 4.79 Å². The zero-order valence-electron chi connectivity index (χ0n) is 15.4. The summed E-state index contributed by atoms with van der Waals surface area (Å²) in [5.41, 5.74) is 1.33. The van der Waals surface area contributed by atoms with E-state index in [4.69, 9.17) is 25.4 Å². The minimum atomic E-state index is -0.306. The van der Waals surface area contributed by atoms with Gasteiger partial charge in [0.2, 0.25) is 11.7 Å². The van der Waals surface area contributed by atoms with Gasteiger partial charge in [-0.2, -0.15) is 0 Å². The van der Waals surface area contributed by atoms with Crippen LogP contribution in [0.5, 0.6) is 23.0 Å². The van der Waals surface area contributed by atoms with E-state index < -0.39 is 0 Å². The molecule has 0 atom stereocenters. The lowest BCUT2D eigenvalue weighted by Gasteiger charge is -2.14. The third-order valence-corrected chi connectivity index (χ3v) is 3.54. The molecule has 6 nitrogen and oxygen atoms in total. The van der Waals surface area contributed by atoms with E-state index in [0.29, 0.717) is 28.7 Å². The average molecular weight is 367 g/mol. The number of carbonyl (C=O) groups excluding carboxylic acids is 1. The number of hydrogen-bond donors (Lipinski definition) is 1. The minimum absolute atomic E-state index is 0.189. The Morgan fingerprint density at radius 2 is 1.81 bits per heavy atom. The van der Waals surface area contributed by atoms with Crippen molar-refractivity contribution in [2.45, 2.75) is 0 Å². The molecule has 0 saturated heterocycles. The molecule has 6 heteroatoms. The van der Waals surface area contributed by atoms with Gasteiger partial charge in [-0.15, -0.1) is 6.42 Å². The summed E-state index contributed by atoms with van der Waals surface area (Å²) in [4.78, 5) is 12.2. The normalized spacial score (nSPS) is 10.1. The molecule has 0 aromatic heterocycles. The highest BCUT2D eigenvalue weighted by molar-refractivity contribution is 6.02. The van der Waals surface area contributed by atoms with Crippen LogP contribution in [-0.4, -0.2) is 33.8 Å². The van der Waals surface area contributed by atoms with Gasteiger partial charge in [-0.25, -0.2) is 0 Å². The van der Waals surface area contributed by atoms with Crippen molar-refractivity contribution in [1.82, 2.24) is 0 Å². The summed E-state index contributed by atoms with van der Waals surface area (Å²) in [5, 5.41) is 2.76. The molecule has 0 aliphatic carbocycles. The maximum absolute atomic E-state index is 12.2. The lowest BCUT2D eigenvalue weighted by molar-refractivity contribution is -0.111. The molecular formula is C21H21NO5. The van der Waals surface area contributed by atoms with Crippen LogP contribution in [0.25, 0.3) is 6.08 Å². The fraction of sp³-hybridized carbons (Fsp3) is 0.190. The van der Waals surface area contributed by atoms with E-state index in [1.54, 1.807) is 30.3 Å². The molecule has 0 spiro atoms. The van der Waals surface area contributed by atoms with Crippen molar-refractivity contribution in [3.05, 3.63) is 48.0 Å². The highest BCUT2D eigenvalue weighted by Gasteiger charge is 2.13. The predicted molar refractivity (Wildman–Crippen MR) is 105 cm³/mol. The molecule has 0 saturated carbocycles. The number of methoxy groups -OCH3 is 3. The van der Waals surface area contributed by atoms with Crippen LogP contribution in [0.1, 0.15) is 5.56 Å². The number of anilines is 1. The summed E-state index contributed by atoms with van der Waals surface area (Å²) < 4.78 is 21.2. The predicted octanol–water partition coefficient (Wildman–Crippen LogP) is 3.38. The van der Waals surface area contributed by atoms with Crippen LogP contribution in [-0.2, 0) is 4.79 Å². The molecular weight excluding hydrogens is 346 g/mol. The highest BCUT2D eigenvalue weighted by atomic mass is 16.5. The van der Waals surface area contributed by atoms with Gasteiger partial charge in [0.1, 0.15) is 12.4 Å². The maximum atomic E-state index is 12.2. The quantitative estimate of drug-likeness (QED) is 0.572. The van der Waals surface area contributed by atoms with Gasteiger partial charge in [0, 0.05) is 23.9 Å². The zero-order chi connectivity index (χ0) is 19.6. The molecule has 2 aromatic carbocycles. The van der Waals surface area contributed by atoms with Gasteiger partial charge in [-0.05, 0) is 23.8 Å². The van der Waals surface area contributed by atoms with Crippen LogP contribution in [0.2, 0.25) is 0 Å². The van der Waals surface area contributed by atoms with Crippen LogP contribution in [0.3, 0.4) is 0 Å². The Kier molecular flexibility index (Phi) is 7.15. The number of nitrogens with one attached hydrogen (secondary N) is 1. The molecule has 2 aromatic rings. The lowest BCUT2D eigenvalue weighted by Crippen LogP contribution is -2.08. The van der Waals surface area contributed by atoms with Crippen molar-refractivity contribution in [1.29, 1.82) is 0 Å². The molecule has 0 heterocycles. The number of rotatable bonds is 8. The minimum Gasteiger partial charge on any atom is -0.493 e. The Hall–Kier alpha value is -3.59. The Bertz CT molecular complexity index is 842. The SMILES string of the molecule is C#CCOc1cccc(/C=C/C(=O)Nc2cc(OC)c(OC)c(OC)c2)c1. The molecule has 0 bridgehead atoms. The van der Waals surface area contributed by atoms with Crippen LogP contribution >= 0.6 is 0 Å². The second kappa shape index (κ2) is 9.78. The molecule has 0 aliphatic rings. The fourth-order valence-corrected chi connectivity index (χ4v) is 2.34. The van der Waals surface area contributed by atoms with Gasteiger partial charge < -0.3 is 24.3 Å². The molecule has 140 valence electrons. The molecule has 1 N–H and O–H groups in total. The van der Waals surface area contributed by atoms with Gasteiger partial charge in [-0.1, -0.05) is 18.1 Å². The Labute approximate surface area is 158 Å². The first-order valence-corrected chi connectivity index (χ1v) is 8.06. The van der Waals surface area contributed by atoms with Crippen molar-refractivity contribution in [2.24, 2.45) is 0 Å². The largest absolute Gasteiger partial charge is 0.493 e. The van der Waals surface area contributed by atoms with E-state index in [9.17, 15) is 4.79 Å². The zero-order valence-corrected chi connectivity index (χ0v) is 15.4. The van der Waals surface area contributed by atoms with Crippen molar-refractivity contribution in [3.63, 3.8) is 0 Å². The van der Waals surface area contributed by atoms with E-state index in [2.05, 4.69) is 11.2 Å². The molecule has 0 unspecified atom stereocenters. The molecule has 2 rings (SSSR count). The second-order valence-electron chi connectivity index (χ2n) is 5.30. The highest BCUT2D eigenvalue weighted by Crippen LogP contribution is 2.39. The summed E-state index contributed by atoms with van der Waals surface area (Å²) in [5.74, 6) is 4.10. The van der Waals surface area contributed by atoms with Gasteiger partial charge >= 0.3 is 0 Å². The monoisotopic (exact) mass is 367 g/mol. The molecule has 1 amide bonds. The number of terminal acetylenes is 1. The van der Waals surface area contributed by atoms with Crippen molar-refractivity contribution >= 4 is 17.7 Å². The number of ether oxygens (including phenoxy) is 4. The Balaban J connectivity index is 2.11. The summed E-state index contributed by atoms with van der Waals surface area (Å²) in [6.45, 7) is 0.189. The van der Waals surface area contributed by atoms with E-state index in [0.717, 1.165) is 5.56 Å². The van der Waals surface area contributed by atoms with E-state index >= 15 is 0 Å². The van der Waals surface area contributed by atoms with Crippen LogP contribution < -0.4 is 24.3 Å². The Morgan fingerprint density at radius 1 is 1.11 bits per heavy atom. The average Bonchev–Trinajstić information content (AvgIpc) is 2.70. The maximum Gasteiger partial charge on any atom is 0.248 e.